The molecule has 0 bridgehead atoms. The van der Waals surface area contributed by atoms with E-state index < -0.39 is 0 Å². The molecule has 0 aliphatic rings. The van der Waals surface area contributed by atoms with E-state index >= 15 is 0 Å². The lowest BCUT2D eigenvalue weighted by atomic mass is 9.93. The molecule has 2 aromatic carbocycles. The van der Waals surface area contributed by atoms with Gasteiger partial charge in [0, 0.05) is 55.1 Å². The Kier molecular flexibility index (Phi) is 9.17. The Hall–Kier alpha value is -4.53. The van der Waals surface area contributed by atoms with E-state index in [4.69, 9.17) is 15.1 Å². The fourth-order valence-electron chi connectivity index (χ4n) is 4.84. The van der Waals surface area contributed by atoms with E-state index in [9.17, 15) is 4.79 Å². The molecule has 4 aromatic rings. The summed E-state index contributed by atoms with van der Waals surface area (Å²) in [7, 11) is 7.76. The number of likely N-dealkylation sites (N-methyl/N-ethyl adjacent to an activating group) is 2. The van der Waals surface area contributed by atoms with Crippen molar-refractivity contribution in [3.8, 4) is 28.1 Å². The van der Waals surface area contributed by atoms with E-state index in [0.29, 0.717) is 6.61 Å². The third-order valence-electron chi connectivity index (χ3n) is 7.35. The average Bonchev–Trinajstić information content (AvgIpc) is 3.38. The van der Waals surface area contributed by atoms with Crippen LogP contribution in [-0.2, 0) is 4.79 Å². The van der Waals surface area contributed by atoms with Crippen LogP contribution in [0, 0.1) is 12.3 Å². The first kappa shape index (κ1) is 29.5. The van der Waals surface area contributed by atoms with Gasteiger partial charge in [-0.2, -0.15) is 0 Å². The molecule has 1 amide bonds. The molecule has 0 unspecified atom stereocenters. The number of quaternary nitrogens is 1. The molecule has 41 heavy (non-hydrogen) atoms. The Morgan fingerprint density at radius 1 is 1.15 bits per heavy atom. The standard InChI is InChI=1S/C33H38N6O2/c1-8-29(40)39(7)25-11-9-10-24(18-25)31-30-21(2)28(27(19-34)22(3)35-4)20-36-33(30)37-32(31)23-12-14-26(15-13-23)41-17-16-38(5)6/h8-15,18-20,34-35H,1,16-17H2,2-7H3,(H,36,37)/p+1/b27-22+,34-19?. The number of aryl methyl sites for hydroxylation is 1. The summed E-state index contributed by atoms with van der Waals surface area (Å²) in [5.41, 5.74) is 9.13. The van der Waals surface area contributed by atoms with Crippen LogP contribution >= 0.6 is 0 Å². The molecule has 0 saturated heterocycles. The monoisotopic (exact) mass is 551 g/mol. The molecule has 2 aromatic heterocycles. The molecule has 8 heteroatoms. The number of allylic oxidation sites excluding steroid dienone is 2. The second-order valence-electron chi connectivity index (χ2n) is 10.3. The van der Waals surface area contributed by atoms with Gasteiger partial charge in [-0.05, 0) is 80.2 Å². The number of aromatic nitrogens is 2. The third-order valence-corrected chi connectivity index (χ3v) is 7.35. The second-order valence-corrected chi connectivity index (χ2v) is 10.3. The van der Waals surface area contributed by atoms with Gasteiger partial charge in [0.25, 0.3) is 0 Å². The predicted octanol–water partition coefficient (Wildman–Crippen LogP) is 4.87. The SMILES string of the molecule is C=CC(=O)N(C)c1cccc(-c2c(-c3ccc(OCCN(C)C)cc3)[nH]c3ncc(/C(C=N)=C(\C)[NH2+]C)c(C)c23)c1. The van der Waals surface area contributed by atoms with Crippen LogP contribution in [0.3, 0.4) is 0 Å². The maximum atomic E-state index is 12.4. The van der Waals surface area contributed by atoms with Crippen molar-refractivity contribution in [1.29, 1.82) is 5.41 Å². The minimum absolute atomic E-state index is 0.182. The van der Waals surface area contributed by atoms with E-state index in [1.807, 2.05) is 88.1 Å². The minimum atomic E-state index is -0.182. The summed E-state index contributed by atoms with van der Waals surface area (Å²) in [6.45, 7) is 9.16. The Labute approximate surface area is 241 Å². The Morgan fingerprint density at radius 3 is 2.51 bits per heavy atom. The minimum Gasteiger partial charge on any atom is -0.492 e. The van der Waals surface area contributed by atoms with Crippen molar-refractivity contribution in [2.24, 2.45) is 0 Å². The number of carbonyl (C=O) groups is 1. The number of nitrogens with one attached hydrogen (secondary N) is 2. The zero-order chi connectivity index (χ0) is 29.7. The number of anilines is 1. The number of hydrogen-bond donors (Lipinski definition) is 3. The van der Waals surface area contributed by atoms with Gasteiger partial charge in [-0.25, -0.2) is 4.98 Å². The zero-order valence-electron chi connectivity index (χ0n) is 24.7. The van der Waals surface area contributed by atoms with Crippen LogP contribution in [0.1, 0.15) is 18.1 Å². The average molecular weight is 552 g/mol. The fourth-order valence-corrected chi connectivity index (χ4v) is 4.84. The molecule has 0 aliphatic carbocycles. The highest BCUT2D eigenvalue weighted by Crippen LogP contribution is 2.42. The number of nitrogens with zero attached hydrogens (tertiary/aromatic N) is 3. The Morgan fingerprint density at radius 2 is 1.88 bits per heavy atom. The zero-order valence-corrected chi connectivity index (χ0v) is 24.7. The first-order chi connectivity index (χ1) is 19.7. The highest BCUT2D eigenvalue weighted by atomic mass is 16.5. The lowest BCUT2D eigenvalue weighted by molar-refractivity contribution is -0.574. The van der Waals surface area contributed by atoms with Crippen molar-refractivity contribution in [3.63, 3.8) is 0 Å². The Bertz CT molecular complexity index is 1610. The maximum absolute atomic E-state index is 12.4. The fraction of sp³-hybridized carbons (Fsp3) is 0.242. The summed E-state index contributed by atoms with van der Waals surface area (Å²) in [6, 6.07) is 16.0. The molecule has 212 valence electrons. The largest absolute Gasteiger partial charge is 0.492 e. The number of rotatable bonds is 11. The molecular weight excluding hydrogens is 512 g/mol. The summed E-state index contributed by atoms with van der Waals surface area (Å²) >= 11 is 0. The number of ether oxygens (including phenoxy) is 1. The quantitative estimate of drug-likeness (QED) is 0.183. The molecule has 0 aliphatic heterocycles. The number of carbonyl (C=O) groups excluding carboxylic acids is 1. The number of hydrogen-bond acceptors (Lipinski definition) is 5. The van der Waals surface area contributed by atoms with Crippen LogP contribution < -0.4 is 15.0 Å². The number of fused-ring (bicyclic) bond motifs is 1. The van der Waals surface area contributed by atoms with Crippen LogP contribution in [-0.4, -0.2) is 68.3 Å². The molecule has 0 spiro atoms. The second kappa shape index (κ2) is 12.8. The lowest BCUT2D eigenvalue weighted by Crippen LogP contribution is -2.77. The molecular formula is C33H39N6O2+. The number of nitrogens with two attached hydrogens (primary N) is 1. The number of pyridine rings is 1. The Balaban J connectivity index is 1.94. The molecule has 0 fully saturated rings. The van der Waals surface area contributed by atoms with Gasteiger partial charge in [-0.15, -0.1) is 0 Å². The van der Waals surface area contributed by atoms with Crippen molar-refractivity contribution in [2.75, 3.05) is 46.2 Å². The number of amides is 1. The van der Waals surface area contributed by atoms with Crippen molar-refractivity contribution in [3.05, 3.63) is 84.2 Å². The van der Waals surface area contributed by atoms with Gasteiger partial charge in [0.05, 0.1) is 18.3 Å². The number of H-pyrrole nitrogens is 1. The van der Waals surface area contributed by atoms with E-state index in [1.54, 1.807) is 11.9 Å². The van der Waals surface area contributed by atoms with Gasteiger partial charge < -0.3 is 30.2 Å². The van der Waals surface area contributed by atoms with Crippen LogP contribution in [0.15, 0.2) is 73.1 Å². The molecule has 0 radical (unpaired) electrons. The number of benzene rings is 2. The number of aromatic amines is 1. The normalized spacial score (nSPS) is 11.9. The van der Waals surface area contributed by atoms with Crippen molar-refractivity contribution in [1.82, 2.24) is 14.9 Å². The molecule has 4 N–H and O–H groups in total. The van der Waals surface area contributed by atoms with Gasteiger partial charge in [0.15, 0.2) is 0 Å². The van der Waals surface area contributed by atoms with Crippen molar-refractivity contribution in [2.45, 2.75) is 13.8 Å². The van der Waals surface area contributed by atoms with Crippen LogP contribution in [0.4, 0.5) is 5.69 Å². The van der Waals surface area contributed by atoms with E-state index in [2.05, 4.69) is 23.4 Å². The summed E-state index contributed by atoms with van der Waals surface area (Å²) in [6.07, 6.45) is 4.54. The van der Waals surface area contributed by atoms with E-state index in [1.165, 1.54) is 12.3 Å². The van der Waals surface area contributed by atoms with Gasteiger partial charge in [0.2, 0.25) is 5.91 Å². The van der Waals surface area contributed by atoms with Crippen LogP contribution in [0.5, 0.6) is 5.75 Å². The summed E-state index contributed by atoms with van der Waals surface area (Å²) in [5, 5.41) is 11.1. The van der Waals surface area contributed by atoms with Crippen LogP contribution in [0.2, 0.25) is 0 Å². The van der Waals surface area contributed by atoms with Gasteiger partial charge in [0.1, 0.15) is 23.7 Å². The first-order valence-corrected chi connectivity index (χ1v) is 13.6. The molecule has 4 rings (SSSR count). The van der Waals surface area contributed by atoms with Crippen LogP contribution in [0.25, 0.3) is 39.0 Å². The lowest BCUT2D eigenvalue weighted by Gasteiger charge is -2.17. The summed E-state index contributed by atoms with van der Waals surface area (Å²) in [5.74, 6) is 0.627. The highest BCUT2D eigenvalue weighted by Gasteiger charge is 2.22. The molecule has 0 saturated carbocycles. The van der Waals surface area contributed by atoms with Crippen molar-refractivity contribution >= 4 is 34.4 Å². The third kappa shape index (κ3) is 6.14. The van der Waals surface area contributed by atoms with E-state index in [-0.39, 0.29) is 5.91 Å². The molecule has 8 nitrogen and oxygen atoms in total. The predicted molar refractivity (Wildman–Crippen MR) is 169 cm³/mol. The highest BCUT2D eigenvalue weighted by molar-refractivity contribution is 6.13. The first-order valence-electron chi connectivity index (χ1n) is 13.6. The topological polar surface area (TPSA) is 102 Å². The summed E-state index contributed by atoms with van der Waals surface area (Å²) in [4.78, 5) is 24.5. The smallest absolute Gasteiger partial charge is 0.250 e. The maximum Gasteiger partial charge on any atom is 0.250 e. The summed E-state index contributed by atoms with van der Waals surface area (Å²) < 4.78 is 5.92. The molecule has 0 atom stereocenters. The van der Waals surface area contributed by atoms with Crippen molar-refractivity contribution < 1.29 is 14.8 Å². The molecule has 2 heterocycles. The van der Waals surface area contributed by atoms with Gasteiger partial charge in [-0.3, -0.25) is 4.79 Å². The van der Waals surface area contributed by atoms with Gasteiger partial charge in [-0.1, -0.05) is 18.7 Å². The van der Waals surface area contributed by atoms with E-state index in [0.717, 1.165) is 73.8 Å². The van der Waals surface area contributed by atoms with Gasteiger partial charge >= 0.3 is 0 Å².